The third kappa shape index (κ3) is 2.51. The summed E-state index contributed by atoms with van der Waals surface area (Å²) >= 11 is 0. The molecule has 0 aromatic heterocycles. The van der Waals surface area contributed by atoms with Crippen molar-refractivity contribution in [2.75, 3.05) is 25.6 Å². The van der Waals surface area contributed by atoms with Gasteiger partial charge in [0.05, 0.1) is 7.11 Å². The van der Waals surface area contributed by atoms with Crippen LogP contribution in [0.4, 0.5) is 5.69 Å². The number of fused-ring (bicyclic) bond motifs is 1. The van der Waals surface area contributed by atoms with E-state index in [1.165, 1.54) is 17.7 Å². The van der Waals surface area contributed by atoms with Crippen LogP contribution in [0.15, 0.2) is 36.4 Å². The number of aryl methyl sites for hydroxylation is 1. The summed E-state index contributed by atoms with van der Waals surface area (Å²) in [7, 11) is 3.79. The first-order chi connectivity index (χ1) is 10.2. The Morgan fingerprint density at radius 3 is 2.81 bits per heavy atom. The summed E-state index contributed by atoms with van der Waals surface area (Å²) < 4.78 is 5.44. The van der Waals surface area contributed by atoms with Crippen LogP contribution in [0.2, 0.25) is 0 Å². The Balaban J connectivity index is 2.10. The van der Waals surface area contributed by atoms with Gasteiger partial charge in [0.1, 0.15) is 12.0 Å². The van der Waals surface area contributed by atoms with Gasteiger partial charge in [-0.1, -0.05) is 6.07 Å². The second-order valence-electron chi connectivity index (χ2n) is 5.45. The molecule has 21 heavy (non-hydrogen) atoms. The molecule has 0 saturated carbocycles. The highest BCUT2D eigenvalue weighted by atomic mass is 16.5. The van der Waals surface area contributed by atoms with E-state index in [-0.39, 0.29) is 0 Å². The summed E-state index contributed by atoms with van der Waals surface area (Å²) in [5, 5.41) is 0. The van der Waals surface area contributed by atoms with Crippen LogP contribution in [-0.4, -0.2) is 27.0 Å². The molecule has 0 unspecified atom stereocenters. The number of nitrogens with zero attached hydrogens (tertiary/aromatic N) is 1. The normalized spacial score (nSPS) is 13.7. The van der Waals surface area contributed by atoms with E-state index in [1.54, 1.807) is 13.2 Å². The molecule has 1 heterocycles. The molecule has 0 N–H and O–H groups in total. The maximum absolute atomic E-state index is 11.0. The van der Waals surface area contributed by atoms with E-state index >= 15 is 0 Å². The van der Waals surface area contributed by atoms with Gasteiger partial charge in [0.25, 0.3) is 0 Å². The van der Waals surface area contributed by atoms with Gasteiger partial charge in [-0.05, 0) is 54.3 Å². The lowest BCUT2D eigenvalue weighted by Gasteiger charge is -2.28. The van der Waals surface area contributed by atoms with E-state index in [0.717, 1.165) is 36.1 Å². The minimum atomic E-state index is 0.667. The van der Waals surface area contributed by atoms with Crippen molar-refractivity contribution in [3.8, 4) is 16.9 Å². The molecule has 108 valence electrons. The molecule has 0 saturated heterocycles. The van der Waals surface area contributed by atoms with Gasteiger partial charge < -0.3 is 9.64 Å². The number of anilines is 1. The van der Waals surface area contributed by atoms with Crippen LogP contribution in [-0.2, 0) is 6.42 Å². The van der Waals surface area contributed by atoms with Crippen LogP contribution in [0, 0.1) is 0 Å². The van der Waals surface area contributed by atoms with E-state index in [0.29, 0.717) is 5.56 Å². The Morgan fingerprint density at radius 1 is 1.19 bits per heavy atom. The molecule has 0 spiro atoms. The molecule has 0 aliphatic carbocycles. The van der Waals surface area contributed by atoms with Crippen molar-refractivity contribution in [3.05, 3.63) is 47.5 Å². The van der Waals surface area contributed by atoms with Gasteiger partial charge in [-0.15, -0.1) is 0 Å². The summed E-state index contributed by atoms with van der Waals surface area (Å²) in [5.41, 5.74) is 5.40. The molecule has 0 fully saturated rings. The average Bonchev–Trinajstić information content (AvgIpc) is 2.54. The zero-order valence-electron chi connectivity index (χ0n) is 12.4. The zero-order chi connectivity index (χ0) is 14.8. The predicted molar refractivity (Wildman–Crippen MR) is 85.4 cm³/mol. The number of hydrogen-bond donors (Lipinski definition) is 0. The highest BCUT2D eigenvalue weighted by Crippen LogP contribution is 2.35. The van der Waals surface area contributed by atoms with Gasteiger partial charge in [-0.25, -0.2) is 0 Å². The topological polar surface area (TPSA) is 29.5 Å². The summed E-state index contributed by atoms with van der Waals surface area (Å²) in [4.78, 5) is 13.3. The third-order valence-electron chi connectivity index (χ3n) is 4.10. The lowest BCUT2D eigenvalue weighted by molar-refractivity contribution is 0.112. The van der Waals surface area contributed by atoms with E-state index in [1.807, 2.05) is 12.1 Å². The van der Waals surface area contributed by atoms with E-state index in [2.05, 4.69) is 30.1 Å². The molecule has 0 atom stereocenters. The molecule has 2 aromatic carbocycles. The molecule has 2 aromatic rings. The fourth-order valence-electron chi connectivity index (χ4n) is 2.98. The van der Waals surface area contributed by atoms with Crippen molar-refractivity contribution in [1.82, 2.24) is 0 Å². The van der Waals surface area contributed by atoms with Crippen LogP contribution in [0.1, 0.15) is 22.3 Å². The molecular weight excluding hydrogens is 262 g/mol. The van der Waals surface area contributed by atoms with Crippen molar-refractivity contribution in [3.63, 3.8) is 0 Å². The SMILES string of the molecule is COc1ccc(C=O)cc1-c1ccc2c(c1)CCCN2C. The van der Waals surface area contributed by atoms with Crippen molar-refractivity contribution in [1.29, 1.82) is 0 Å². The number of ether oxygens (including phenoxy) is 1. The van der Waals surface area contributed by atoms with Gasteiger partial charge in [0.15, 0.2) is 0 Å². The van der Waals surface area contributed by atoms with Crippen molar-refractivity contribution >= 4 is 12.0 Å². The Morgan fingerprint density at radius 2 is 2.05 bits per heavy atom. The van der Waals surface area contributed by atoms with E-state index < -0.39 is 0 Å². The zero-order valence-corrected chi connectivity index (χ0v) is 12.4. The van der Waals surface area contributed by atoms with Crippen LogP contribution < -0.4 is 9.64 Å². The fraction of sp³-hybridized carbons (Fsp3) is 0.278. The van der Waals surface area contributed by atoms with Crippen LogP contribution >= 0.6 is 0 Å². The predicted octanol–water partition coefficient (Wildman–Crippen LogP) is 3.56. The first-order valence-electron chi connectivity index (χ1n) is 7.20. The van der Waals surface area contributed by atoms with Crippen LogP contribution in [0.5, 0.6) is 5.75 Å². The maximum Gasteiger partial charge on any atom is 0.150 e. The second kappa shape index (κ2) is 5.60. The Bertz CT molecular complexity index is 679. The second-order valence-corrected chi connectivity index (χ2v) is 5.45. The van der Waals surface area contributed by atoms with Gasteiger partial charge in [-0.2, -0.15) is 0 Å². The number of rotatable bonds is 3. The average molecular weight is 281 g/mol. The number of carbonyl (C=O) groups excluding carboxylic acids is 1. The number of carbonyl (C=O) groups is 1. The Hall–Kier alpha value is -2.29. The molecule has 1 aliphatic heterocycles. The minimum absolute atomic E-state index is 0.667. The minimum Gasteiger partial charge on any atom is -0.496 e. The molecule has 3 rings (SSSR count). The molecule has 1 aliphatic rings. The van der Waals surface area contributed by atoms with Gasteiger partial charge in [0, 0.05) is 30.4 Å². The molecule has 0 radical (unpaired) electrons. The molecular formula is C18H19NO2. The highest BCUT2D eigenvalue weighted by molar-refractivity contribution is 5.82. The van der Waals surface area contributed by atoms with Gasteiger partial charge in [0.2, 0.25) is 0 Å². The molecule has 0 amide bonds. The fourth-order valence-corrected chi connectivity index (χ4v) is 2.98. The monoisotopic (exact) mass is 281 g/mol. The van der Waals surface area contributed by atoms with Gasteiger partial charge in [-0.3, -0.25) is 4.79 Å². The number of hydrogen-bond acceptors (Lipinski definition) is 3. The largest absolute Gasteiger partial charge is 0.496 e. The Labute approximate surface area is 125 Å². The quantitative estimate of drug-likeness (QED) is 0.806. The number of methoxy groups -OCH3 is 1. The van der Waals surface area contributed by atoms with Gasteiger partial charge >= 0.3 is 0 Å². The summed E-state index contributed by atoms with van der Waals surface area (Å²) in [6.07, 6.45) is 3.15. The summed E-state index contributed by atoms with van der Waals surface area (Å²) in [6.45, 7) is 1.11. The number of aldehydes is 1. The molecule has 0 bridgehead atoms. The van der Waals surface area contributed by atoms with Crippen LogP contribution in [0.3, 0.4) is 0 Å². The Kier molecular flexibility index (Phi) is 3.65. The summed E-state index contributed by atoms with van der Waals surface area (Å²) in [6, 6.07) is 12.0. The van der Waals surface area contributed by atoms with E-state index in [4.69, 9.17) is 4.74 Å². The molecule has 3 nitrogen and oxygen atoms in total. The lowest BCUT2D eigenvalue weighted by Crippen LogP contribution is -2.24. The maximum atomic E-state index is 11.0. The molecule has 3 heteroatoms. The van der Waals surface area contributed by atoms with Crippen molar-refractivity contribution in [2.45, 2.75) is 12.8 Å². The highest BCUT2D eigenvalue weighted by Gasteiger charge is 2.15. The summed E-state index contributed by atoms with van der Waals surface area (Å²) in [5.74, 6) is 0.796. The van der Waals surface area contributed by atoms with E-state index in [9.17, 15) is 4.79 Å². The third-order valence-corrected chi connectivity index (χ3v) is 4.10. The lowest BCUT2D eigenvalue weighted by atomic mass is 9.95. The first-order valence-corrected chi connectivity index (χ1v) is 7.20. The number of benzene rings is 2. The van der Waals surface area contributed by atoms with Crippen LogP contribution in [0.25, 0.3) is 11.1 Å². The smallest absolute Gasteiger partial charge is 0.150 e. The van der Waals surface area contributed by atoms with Crippen molar-refractivity contribution in [2.24, 2.45) is 0 Å². The van der Waals surface area contributed by atoms with Crippen molar-refractivity contribution < 1.29 is 9.53 Å². The standard InChI is InChI=1S/C18H19NO2/c1-19-9-3-4-15-11-14(6-7-17(15)19)16-10-13(12-20)5-8-18(16)21-2/h5-8,10-12H,3-4,9H2,1-2H3. The first kappa shape index (κ1) is 13.7.